The van der Waals surface area contributed by atoms with Crippen molar-refractivity contribution in [2.24, 2.45) is 5.73 Å². The number of hydrogen-bond acceptors (Lipinski definition) is 5. The third-order valence-corrected chi connectivity index (χ3v) is 9.18. The Morgan fingerprint density at radius 3 is 2.41 bits per heavy atom. The molecule has 2 amide bonds. The minimum Gasteiger partial charge on any atom is -0.395 e. The van der Waals surface area contributed by atoms with Gasteiger partial charge in [-0.3, -0.25) is 9.59 Å². The summed E-state index contributed by atoms with van der Waals surface area (Å²) in [6, 6.07) is 15.8. The van der Waals surface area contributed by atoms with Crippen LogP contribution < -0.4 is 10.6 Å². The zero-order valence-corrected chi connectivity index (χ0v) is 25.0. The quantitative estimate of drug-likeness (QED) is 0.245. The number of aliphatic hydroxyl groups excluding tert-OH is 1. The molecular formula is C32H32F2N4O5S. The number of carbonyl (C=O) groups is 2. The van der Waals surface area contributed by atoms with E-state index < -0.39 is 28.3 Å². The number of primary amides is 1. The number of carbonyl (C=O) groups excluding carboxylic acids is 2. The first-order chi connectivity index (χ1) is 20.9. The van der Waals surface area contributed by atoms with Gasteiger partial charge in [-0.15, -0.1) is 0 Å². The van der Waals surface area contributed by atoms with Gasteiger partial charge in [-0.05, 0) is 65.9 Å². The maximum absolute atomic E-state index is 13.5. The molecule has 4 N–H and O–H groups in total. The number of anilines is 1. The molecule has 0 atom stereocenters. The highest BCUT2D eigenvalue weighted by molar-refractivity contribution is 7.88. The van der Waals surface area contributed by atoms with Gasteiger partial charge in [0.15, 0.2) is 0 Å². The average molecular weight is 623 g/mol. The molecule has 12 heteroatoms. The van der Waals surface area contributed by atoms with E-state index in [4.69, 9.17) is 5.73 Å². The van der Waals surface area contributed by atoms with E-state index in [0.29, 0.717) is 35.1 Å². The number of fused-ring (bicyclic) bond motifs is 1. The predicted molar refractivity (Wildman–Crippen MR) is 166 cm³/mol. The normalized spacial score (nSPS) is 14.2. The van der Waals surface area contributed by atoms with Crippen molar-refractivity contribution in [3.8, 4) is 11.1 Å². The first-order valence-corrected chi connectivity index (χ1v) is 15.8. The van der Waals surface area contributed by atoms with Gasteiger partial charge in [0.1, 0.15) is 0 Å². The Morgan fingerprint density at radius 2 is 1.82 bits per heavy atom. The van der Waals surface area contributed by atoms with Gasteiger partial charge in [-0.1, -0.05) is 36.4 Å². The maximum Gasteiger partial charge on any atom is 0.263 e. The Morgan fingerprint density at radius 1 is 1.09 bits per heavy atom. The Hall–Kier alpha value is -4.39. The molecule has 9 nitrogen and oxygen atoms in total. The summed E-state index contributed by atoms with van der Waals surface area (Å²) in [6.45, 7) is 2.06. The average Bonchev–Trinajstić information content (AvgIpc) is 3.45. The molecule has 1 aliphatic rings. The van der Waals surface area contributed by atoms with E-state index in [0.717, 1.165) is 28.0 Å². The monoisotopic (exact) mass is 622 g/mol. The molecule has 0 spiro atoms. The summed E-state index contributed by atoms with van der Waals surface area (Å²) in [5, 5.41) is 10.5. The number of benzene rings is 3. The summed E-state index contributed by atoms with van der Waals surface area (Å²) in [5.41, 5.74) is 11.0. The second kappa shape index (κ2) is 12.3. The summed E-state index contributed by atoms with van der Waals surface area (Å²) in [6.07, 6.45) is 0.841. The molecule has 0 fully saturated rings. The highest BCUT2D eigenvalue weighted by atomic mass is 32.2. The number of nitrogens with one attached hydrogen (secondary N) is 1. The number of aromatic amines is 1. The van der Waals surface area contributed by atoms with Crippen molar-refractivity contribution < 1.29 is 31.9 Å². The lowest BCUT2D eigenvalue weighted by Crippen LogP contribution is -2.34. The van der Waals surface area contributed by atoms with Gasteiger partial charge in [-0.2, -0.15) is 4.31 Å². The van der Waals surface area contributed by atoms with Gasteiger partial charge in [-0.25, -0.2) is 17.2 Å². The largest absolute Gasteiger partial charge is 0.395 e. The summed E-state index contributed by atoms with van der Waals surface area (Å²) >= 11 is 0. The smallest absolute Gasteiger partial charge is 0.263 e. The lowest BCUT2D eigenvalue weighted by molar-refractivity contribution is 0.0978. The Balaban J connectivity index is 1.58. The summed E-state index contributed by atoms with van der Waals surface area (Å²) in [4.78, 5) is 30.6. The molecule has 5 rings (SSSR count). The number of H-pyrrole nitrogens is 1. The molecule has 1 aromatic heterocycles. The predicted octanol–water partition coefficient (Wildman–Crippen LogP) is 4.87. The Labute approximate surface area is 253 Å². The van der Waals surface area contributed by atoms with Crippen molar-refractivity contribution in [1.29, 1.82) is 0 Å². The van der Waals surface area contributed by atoms with Crippen molar-refractivity contribution >= 4 is 44.0 Å². The molecular weight excluding hydrogens is 590 g/mol. The third-order valence-electron chi connectivity index (χ3n) is 7.91. The molecule has 2 heterocycles. The zero-order chi connectivity index (χ0) is 31.8. The molecule has 44 heavy (non-hydrogen) atoms. The number of sulfonamides is 1. The number of aliphatic hydroxyl groups is 1. The first kappa shape index (κ1) is 31.0. The number of alkyl halides is 2. The fraction of sp³-hybridized carbons (Fsp3) is 0.250. The van der Waals surface area contributed by atoms with Crippen molar-refractivity contribution in [3.63, 3.8) is 0 Å². The van der Waals surface area contributed by atoms with Crippen LogP contribution in [0.15, 0.2) is 66.7 Å². The number of hydrogen-bond donors (Lipinski definition) is 3. The van der Waals surface area contributed by atoms with Crippen LogP contribution in [-0.2, 0) is 10.0 Å². The third kappa shape index (κ3) is 6.01. The minimum atomic E-state index is -3.32. The van der Waals surface area contributed by atoms with Crippen molar-refractivity contribution in [2.75, 3.05) is 37.4 Å². The summed E-state index contributed by atoms with van der Waals surface area (Å²) in [7, 11) is -3.32. The van der Waals surface area contributed by atoms with E-state index in [1.807, 2.05) is 25.1 Å². The summed E-state index contributed by atoms with van der Waals surface area (Å²) in [5.74, 6) is -1.07. The standard InChI is InChI=1S/C32H32F2N4O5S/c1-19-23(4-3-5-28(19)38(16-17-39)32(41)22-8-6-21(7-9-22)30(33)34)24-10-11-25(31(35)40)29-26(24)18-27(36-29)20-12-14-37(15-13-20)44(2,42)43/h3-12,18,30,36,39H,13-17H2,1-2H3,(H2,35,40). The molecule has 0 bridgehead atoms. The van der Waals surface area contributed by atoms with E-state index >= 15 is 0 Å². The van der Waals surface area contributed by atoms with E-state index in [1.165, 1.54) is 39.7 Å². The van der Waals surface area contributed by atoms with Crippen molar-refractivity contribution in [2.45, 2.75) is 19.8 Å². The number of rotatable bonds is 9. The molecule has 0 unspecified atom stereocenters. The number of nitrogens with two attached hydrogens (primary N) is 1. The van der Waals surface area contributed by atoms with Crippen LogP contribution in [0.3, 0.4) is 0 Å². The SMILES string of the molecule is Cc1c(-c2ccc(C(N)=O)c3[nH]c(C4=CCN(S(C)(=O)=O)CC4)cc23)cccc1N(CCO)C(=O)c1ccc(C(F)F)cc1. The van der Waals surface area contributed by atoms with Gasteiger partial charge >= 0.3 is 0 Å². The molecule has 4 aromatic rings. The highest BCUT2D eigenvalue weighted by Gasteiger charge is 2.24. The van der Waals surface area contributed by atoms with Crippen LogP contribution in [0.4, 0.5) is 14.5 Å². The second-order valence-electron chi connectivity index (χ2n) is 10.6. The second-order valence-corrected chi connectivity index (χ2v) is 12.6. The fourth-order valence-electron chi connectivity index (χ4n) is 5.59. The number of nitrogens with zero attached hydrogens (tertiary/aromatic N) is 2. The maximum atomic E-state index is 13.5. The summed E-state index contributed by atoms with van der Waals surface area (Å²) < 4.78 is 51.5. The Kier molecular flexibility index (Phi) is 8.69. The van der Waals surface area contributed by atoms with Crippen LogP contribution in [0.5, 0.6) is 0 Å². The molecule has 0 aliphatic carbocycles. The molecule has 0 radical (unpaired) electrons. The topological polar surface area (TPSA) is 137 Å². The molecule has 230 valence electrons. The van der Waals surface area contributed by atoms with Crippen LogP contribution in [0.2, 0.25) is 0 Å². The molecule has 3 aromatic carbocycles. The van der Waals surface area contributed by atoms with E-state index in [9.17, 15) is 31.9 Å². The van der Waals surface area contributed by atoms with Crippen LogP contribution in [0.25, 0.3) is 27.6 Å². The minimum absolute atomic E-state index is 0.0251. The van der Waals surface area contributed by atoms with Crippen LogP contribution in [0.1, 0.15) is 50.4 Å². The Bertz CT molecular complexity index is 1880. The van der Waals surface area contributed by atoms with E-state index in [1.54, 1.807) is 24.3 Å². The van der Waals surface area contributed by atoms with Crippen LogP contribution in [-0.4, -0.2) is 67.1 Å². The van der Waals surface area contributed by atoms with Crippen LogP contribution >= 0.6 is 0 Å². The van der Waals surface area contributed by atoms with E-state index in [2.05, 4.69) is 4.98 Å². The molecule has 1 aliphatic heterocycles. The fourth-order valence-corrected chi connectivity index (χ4v) is 6.36. The van der Waals surface area contributed by atoms with Crippen molar-refractivity contribution in [1.82, 2.24) is 9.29 Å². The van der Waals surface area contributed by atoms with E-state index in [-0.39, 0.29) is 30.8 Å². The van der Waals surface area contributed by atoms with Gasteiger partial charge in [0, 0.05) is 47.5 Å². The van der Waals surface area contributed by atoms with Crippen LogP contribution in [0, 0.1) is 6.92 Å². The molecule has 0 saturated carbocycles. The van der Waals surface area contributed by atoms with Gasteiger partial charge in [0.2, 0.25) is 10.0 Å². The van der Waals surface area contributed by atoms with Gasteiger partial charge < -0.3 is 20.7 Å². The number of aromatic nitrogens is 1. The van der Waals surface area contributed by atoms with Crippen molar-refractivity contribution in [3.05, 3.63) is 94.7 Å². The molecule has 0 saturated heterocycles. The zero-order valence-electron chi connectivity index (χ0n) is 24.2. The lowest BCUT2D eigenvalue weighted by atomic mass is 9.94. The number of amides is 2. The van der Waals surface area contributed by atoms with Gasteiger partial charge in [0.25, 0.3) is 18.2 Å². The first-order valence-electron chi connectivity index (χ1n) is 13.9. The van der Waals surface area contributed by atoms with Gasteiger partial charge in [0.05, 0.1) is 23.9 Å². The highest BCUT2D eigenvalue weighted by Crippen LogP contribution is 2.38. The lowest BCUT2D eigenvalue weighted by Gasteiger charge is -2.25. The number of halogens is 2.